The molecule has 1 aromatic carbocycles. The molecule has 0 aliphatic rings. The van der Waals surface area contributed by atoms with Crippen LogP contribution in [0.5, 0.6) is 0 Å². The van der Waals surface area contributed by atoms with Gasteiger partial charge in [-0.3, -0.25) is 0 Å². The van der Waals surface area contributed by atoms with Gasteiger partial charge in [-0.05, 0) is 34.3 Å². The molecule has 0 aliphatic carbocycles. The minimum absolute atomic E-state index is 0.647. The number of hydrogen-bond acceptors (Lipinski definition) is 2. The fourth-order valence-corrected chi connectivity index (χ4v) is 2.53. The van der Waals surface area contributed by atoms with Crippen LogP contribution in [0.1, 0.15) is 24.0 Å². The van der Waals surface area contributed by atoms with Crippen LogP contribution in [0.15, 0.2) is 34.8 Å². The van der Waals surface area contributed by atoms with Crippen molar-refractivity contribution in [3.63, 3.8) is 0 Å². The Hall–Kier alpha value is -1.00. The van der Waals surface area contributed by atoms with Crippen LogP contribution in [0.3, 0.4) is 0 Å². The highest BCUT2D eigenvalue weighted by molar-refractivity contribution is 9.10. The number of nitrogens with one attached hydrogen (secondary N) is 1. The van der Waals surface area contributed by atoms with E-state index in [9.17, 15) is 0 Å². The van der Waals surface area contributed by atoms with Crippen LogP contribution in [-0.4, -0.2) is 9.97 Å². The standard InChI is InChI=1S/C14H15BrN2S/c1-2-11-13(15)14(18)17-12(16-11)9-8-10-6-4-3-5-7-10/h3-7H,2,8-9H2,1H3,(H,16,17,18). The number of hydrogen-bond donors (Lipinski definition) is 1. The van der Waals surface area contributed by atoms with Gasteiger partial charge in [-0.1, -0.05) is 49.5 Å². The second-order valence-corrected chi connectivity index (χ2v) is 5.30. The largest absolute Gasteiger partial charge is 0.346 e. The summed E-state index contributed by atoms with van der Waals surface area (Å²) in [5.41, 5.74) is 2.44. The summed E-state index contributed by atoms with van der Waals surface area (Å²) in [5, 5.41) is 0. The molecule has 0 atom stereocenters. The summed E-state index contributed by atoms with van der Waals surface area (Å²) < 4.78 is 1.57. The van der Waals surface area contributed by atoms with Gasteiger partial charge in [-0.2, -0.15) is 0 Å². The van der Waals surface area contributed by atoms with Crippen LogP contribution >= 0.6 is 28.1 Å². The van der Waals surface area contributed by atoms with E-state index in [0.29, 0.717) is 4.64 Å². The van der Waals surface area contributed by atoms with E-state index < -0.39 is 0 Å². The van der Waals surface area contributed by atoms with Crippen LogP contribution in [0.25, 0.3) is 0 Å². The normalized spacial score (nSPS) is 10.6. The van der Waals surface area contributed by atoms with E-state index in [1.54, 1.807) is 0 Å². The number of H-pyrrole nitrogens is 1. The second-order valence-electron chi connectivity index (χ2n) is 4.12. The van der Waals surface area contributed by atoms with E-state index in [2.05, 4.69) is 57.1 Å². The van der Waals surface area contributed by atoms with Gasteiger partial charge in [0.15, 0.2) is 0 Å². The maximum atomic E-state index is 5.25. The van der Waals surface area contributed by atoms with Crippen LogP contribution in [0.2, 0.25) is 0 Å². The van der Waals surface area contributed by atoms with E-state index in [1.807, 2.05) is 6.07 Å². The Labute approximate surface area is 121 Å². The first-order valence-electron chi connectivity index (χ1n) is 6.02. The molecule has 94 valence electrons. The third-order valence-corrected chi connectivity index (χ3v) is 4.24. The molecule has 18 heavy (non-hydrogen) atoms. The first-order chi connectivity index (χ1) is 8.70. The number of rotatable bonds is 4. The summed E-state index contributed by atoms with van der Waals surface area (Å²) in [5.74, 6) is 0.962. The van der Waals surface area contributed by atoms with Crippen LogP contribution in [0.4, 0.5) is 0 Å². The van der Waals surface area contributed by atoms with Crippen molar-refractivity contribution in [3.8, 4) is 0 Å². The molecule has 2 nitrogen and oxygen atoms in total. The molecule has 1 heterocycles. The summed E-state index contributed by atoms with van der Waals surface area (Å²) in [6.07, 6.45) is 2.78. The second kappa shape index (κ2) is 6.25. The molecule has 4 heteroatoms. The van der Waals surface area contributed by atoms with E-state index in [0.717, 1.165) is 35.3 Å². The third-order valence-electron chi connectivity index (χ3n) is 2.83. The van der Waals surface area contributed by atoms with Gasteiger partial charge in [-0.15, -0.1) is 0 Å². The lowest BCUT2D eigenvalue weighted by Crippen LogP contribution is -2.02. The average molecular weight is 323 g/mol. The molecule has 0 saturated carbocycles. The maximum Gasteiger partial charge on any atom is 0.144 e. The summed E-state index contributed by atoms with van der Waals surface area (Å²) in [4.78, 5) is 7.76. The Morgan fingerprint density at radius 3 is 2.61 bits per heavy atom. The quantitative estimate of drug-likeness (QED) is 0.852. The Kier molecular flexibility index (Phi) is 4.66. The summed E-state index contributed by atoms with van der Waals surface area (Å²) in [7, 11) is 0. The predicted octanol–water partition coefficient (Wildman–Crippen LogP) is 4.25. The molecule has 0 amide bonds. The monoisotopic (exact) mass is 322 g/mol. The molecule has 0 bridgehead atoms. The fourth-order valence-electron chi connectivity index (χ4n) is 1.83. The Morgan fingerprint density at radius 2 is 1.94 bits per heavy atom. The molecule has 2 aromatic rings. The van der Waals surface area contributed by atoms with Crippen LogP contribution in [-0.2, 0) is 19.3 Å². The van der Waals surface area contributed by atoms with Gasteiger partial charge in [0.2, 0.25) is 0 Å². The molecule has 0 fully saturated rings. The zero-order valence-electron chi connectivity index (χ0n) is 10.2. The first kappa shape index (κ1) is 13.4. The summed E-state index contributed by atoms with van der Waals surface area (Å²) in [6, 6.07) is 10.4. The van der Waals surface area contributed by atoms with Gasteiger partial charge in [-0.25, -0.2) is 4.98 Å². The lowest BCUT2D eigenvalue weighted by Gasteiger charge is -2.07. The molecule has 0 spiro atoms. The number of aromatic amines is 1. The summed E-state index contributed by atoms with van der Waals surface area (Å²) >= 11 is 8.72. The van der Waals surface area contributed by atoms with Crippen molar-refractivity contribution >= 4 is 28.1 Å². The average Bonchev–Trinajstić information content (AvgIpc) is 2.41. The first-order valence-corrected chi connectivity index (χ1v) is 7.22. The van der Waals surface area contributed by atoms with E-state index in [1.165, 1.54) is 5.56 Å². The van der Waals surface area contributed by atoms with Gasteiger partial charge < -0.3 is 4.98 Å². The van der Waals surface area contributed by atoms with Crippen molar-refractivity contribution in [1.82, 2.24) is 9.97 Å². The number of nitrogens with zero attached hydrogens (tertiary/aromatic N) is 1. The Bertz CT molecular complexity index is 578. The van der Waals surface area contributed by atoms with Gasteiger partial charge in [0.25, 0.3) is 0 Å². The fraction of sp³-hybridized carbons (Fsp3) is 0.286. The number of aryl methyl sites for hydroxylation is 3. The third kappa shape index (κ3) is 3.27. The minimum Gasteiger partial charge on any atom is -0.346 e. The minimum atomic E-state index is 0.647. The van der Waals surface area contributed by atoms with Crippen LogP contribution in [0, 0.1) is 4.64 Å². The van der Waals surface area contributed by atoms with Crippen molar-refractivity contribution in [1.29, 1.82) is 0 Å². The SMILES string of the molecule is CCc1[nH]c(CCc2ccccc2)nc(=S)c1Br. The lowest BCUT2D eigenvalue weighted by atomic mass is 10.1. The highest BCUT2D eigenvalue weighted by Gasteiger charge is 2.04. The van der Waals surface area contributed by atoms with E-state index >= 15 is 0 Å². The van der Waals surface area contributed by atoms with Crippen molar-refractivity contribution in [3.05, 3.63) is 56.5 Å². The van der Waals surface area contributed by atoms with Crippen molar-refractivity contribution in [2.24, 2.45) is 0 Å². The zero-order chi connectivity index (χ0) is 13.0. The van der Waals surface area contributed by atoms with Crippen LogP contribution < -0.4 is 0 Å². The molecule has 0 aliphatic heterocycles. The van der Waals surface area contributed by atoms with Crippen molar-refractivity contribution in [2.45, 2.75) is 26.2 Å². The van der Waals surface area contributed by atoms with Crippen molar-refractivity contribution in [2.75, 3.05) is 0 Å². The highest BCUT2D eigenvalue weighted by atomic mass is 79.9. The van der Waals surface area contributed by atoms with Gasteiger partial charge in [0.05, 0.1) is 4.47 Å². The Morgan fingerprint density at radius 1 is 1.22 bits per heavy atom. The molecular formula is C14H15BrN2S. The molecule has 1 aromatic heterocycles. The molecule has 0 unspecified atom stereocenters. The van der Waals surface area contributed by atoms with Gasteiger partial charge in [0.1, 0.15) is 10.5 Å². The maximum absolute atomic E-state index is 5.25. The highest BCUT2D eigenvalue weighted by Crippen LogP contribution is 2.16. The lowest BCUT2D eigenvalue weighted by molar-refractivity contribution is 0.822. The van der Waals surface area contributed by atoms with E-state index in [4.69, 9.17) is 12.2 Å². The van der Waals surface area contributed by atoms with Gasteiger partial charge >= 0.3 is 0 Å². The number of halogens is 1. The smallest absolute Gasteiger partial charge is 0.144 e. The van der Waals surface area contributed by atoms with E-state index in [-0.39, 0.29) is 0 Å². The molecule has 1 N–H and O–H groups in total. The van der Waals surface area contributed by atoms with Gasteiger partial charge in [0, 0.05) is 12.1 Å². The summed E-state index contributed by atoms with van der Waals surface area (Å²) in [6.45, 7) is 2.10. The molecular weight excluding hydrogens is 308 g/mol. The van der Waals surface area contributed by atoms with Crippen molar-refractivity contribution < 1.29 is 0 Å². The topological polar surface area (TPSA) is 28.7 Å². The Balaban J connectivity index is 2.15. The predicted molar refractivity (Wildman–Crippen MR) is 80.3 cm³/mol. The molecule has 0 radical (unpaired) electrons. The number of benzene rings is 1. The molecule has 0 saturated heterocycles. The zero-order valence-corrected chi connectivity index (χ0v) is 12.6. The number of aromatic nitrogens is 2. The molecule has 2 rings (SSSR count).